The van der Waals surface area contributed by atoms with Gasteiger partial charge in [-0.05, 0) is 42.5 Å². The molecule has 23 heavy (non-hydrogen) atoms. The second kappa shape index (κ2) is 5.74. The van der Waals surface area contributed by atoms with E-state index in [1.807, 2.05) is 12.1 Å². The van der Waals surface area contributed by atoms with Crippen LogP contribution in [-0.2, 0) is 22.9 Å². The maximum Gasteiger partial charge on any atom is 0.264 e. The maximum atomic E-state index is 12.7. The minimum Gasteiger partial charge on any atom is -0.337 e. The highest BCUT2D eigenvalue weighted by molar-refractivity contribution is 7.91. The number of amides is 1. The van der Waals surface area contributed by atoms with Crippen LogP contribution < -0.4 is 5.14 Å². The average Bonchev–Trinajstić information content (AvgIpc) is 3.08. The molecule has 0 radical (unpaired) electrons. The highest BCUT2D eigenvalue weighted by Gasteiger charge is 2.30. The fraction of sp³-hybridized carbons (Fsp3) is 0.312. The molecule has 0 fully saturated rings. The number of nitrogens with two attached hydrogens (primary N) is 1. The molecule has 122 valence electrons. The maximum absolute atomic E-state index is 12.7. The number of sulfonamides is 1. The van der Waals surface area contributed by atoms with Crippen molar-refractivity contribution in [3.8, 4) is 0 Å². The summed E-state index contributed by atoms with van der Waals surface area (Å²) in [5.74, 6) is -0.153. The molecule has 0 saturated heterocycles. The van der Waals surface area contributed by atoms with Crippen LogP contribution in [0.5, 0.6) is 0 Å². The Hall–Kier alpha value is -1.70. The minimum atomic E-state index is -3.78. The van der Waals surface area contributed by atoms with Gasteiger partial charge in [0.25, 0.3) is 5.91 Å². The van der Waals surface area contributed by atoms with Crippen molar-refractivity contribution in [1.29, 1.82) is 0 Å². The number of aryl methyl sites for hydroxylation is 1. The van der Waals surface area contributed by atoms with Crippen LogP contribution in [0.3, 0.4) is 0 Å². The molecule has 1 aliphatic carbocycles. The Morgan fingerprint density at radius 1 is 1.26 bits per heavy atom. The summed E-state index contributed by atoms with van der Waals surface area (Å²) in [5, 5.41) is 5.15. The van der Waals surface area contributed by atoms with Crippen LogP contribution in [0.4, 0.5) is 0 Å². The van der Waals surface area contributed by atoms with Gasteiger partial charge in [-0.1, -0.05) is 24.3 Å². The van der Waals surface area contributed by atoms with E-state index < -0.39 is 10.0 Å². The molecule has 0 saturated carbocycles. The molecule has 1 aromatic heterocycles. The largest absolute Gasteiger partial charge is 0.337 e. The zero-order valence-electron chi connectivity index (χ0n) is 12.9. The van der Waals surface area contributed by atoms with Gasteiger partial charge in [0.2, 0.25) is 10.0 Å². The van der Waals surface area contributed by atoms with Crippen molar-refractivity contribution in [2.24, 2.45) is 5.14 Å². The Morgan fingerprint density at radius 3 is 2.30 bits per heavy atom. The summed E-state index contributed by atoms with van der Waals surface area (Å²) >= 11 is 0.941. The van der Waals surface area contributed by atoms with Crippen LogP contribution in [0.1, 0.15) is 26.4 Å². The lowest BCUT2D eigenvalue weighted by Crippen LogP contribution is -2.37. The molecule has 1 heterocycles. The number of nitrogens with zero attached hydrogens (tertiary/aromatic N) is 1. The van der Waals surface area contributed by atoms with Crippen LogP contribution in [-0.4, -0.2) is 32.3 Å². The molecular formula is C16H18N2O3S2. The van der Waals surface area contributed by atoms with Gasteiger partial charge in [0.1, 0.15) is 4.21 Å². The van der Waals surface area contributed by atoms with E-state index in [-0.39, 0.29) is 16.2 Å². The highest BCUT2D eigenvalue weighted by Crippen LogP contribution is 2.29. The monoisotopic (exact) mass is 350 g/mol. The smallest absolute Gasteiger partial charge is 0.264 e. The molecule has 2 aromatic rings. The molecule has 0 unspecified atom stereocenters. The lowest BCUT2D eigenvalue weighted by molar-refractivity contribution is 0.0742. The van der Waals surface area contributed by atoms with E-state index in [1.54, 1.807) is 18.9 Å². The molecule has 7 heteroatoms. The van der Waals surface area contributed by atoms with Crippen molar-refractivity contribution in [3.63, 3.8) is 0 Å². The fourth-order valence-corrected chi connectivity index (χ4v) is 4.88. The Labute approximate surface area is 139 Å². The van der Waals surface area contributed by atoms with Crippen LogP contribution in [0, 0.1) is 6.92 Å². The van der Waals surface area contributed by atoms with Gasteiger partial charge in [0.05, 0.1) is 4.88 Å². The minimum absolute atomic E-state index is 0.0291. The molecule has 1 aromatic carbocycles. The normalized spacial score (nSPS) is 14.7. The topological polar surface area (TPSA) is 80.5 Å². The van der Waals surface area contributed by atoms with E-state index in [0.717, 1.165) is 24.2 Å². The molecule has 0 aliphatic heterocycles. The first kappa shape index (κ1) is 16.2. The molecule has 0 bridgehead atoms. The second-order valence-electron chi connectivity index (χ2n) is 5.87. The number of thiophene rings is 1. The van der Waals surface area contributed by atoms with Crippen molar-refractivity contribution in [2.45, 2.75) is 30.0 Å². The van der Waals surface area contributed by atoms with Gasteiger partial charge in [-0.3, -0.25) is 4.79 Å². The predicted octanol–water partition coefficient (Wildman–Crippen LogP) is 1.94. The van der Waals surface area contributed by atoms with Crippen LogP contribution in [0.15, 0.2) is 34.5 Å². The van der Waals surface area contributed by atoms with Crippen LogP contribution >= 0.6 is 11.3 Å². The first-order valence-corrected chi connectivity index (χ1v) is 9.61. The van der Waals surface area contributed by atoms with Crippen molar-refractivity contribution >= 4 is 27.3 Å². The summed E-state index contributed by atoms with van der Waals surface area (Å²) in [4.78, 5) is 14.9. The van der Waals surface area contributed by atoms with Gasteiger partial charge < -0.3 is 4.90 Å². The Kier molecular flexibility index (Phi) is 4.03. The van der Waals surface area contributed by atoms with Gasteiger partial charge in [-0.25, -0.2) is 13.6 Å². The van der Waals surface area contributed by atoms with Crippen LogP contribution in [0.25, 0.3) is 0 Å². The second-order valence-corrected chi connectivity index (χ2v) is 8.71. The number of likely N-dealkylation sites (N-methyl/N-ethyl adjacent to an activating group) is 1. The Balaban J connectivity index is 1.83. The van der Waals surface area contributed by atoms with E-state index in [4.69, 9.17) is 5.14 Å². The molecule has 1 amide bonds. The summed E-state index contributed by atoms with van der Waals surface area (Å²) in [5.41, 5.74) is 3.18. The van der Waals surface area contributed by atoms with Gasteiger partial charge in [-0.2, -0.15) is 0 Å². The van der Waals surface area contributed by atoms with E-state index >= 15 is 0 Å². The van der Waals surface area contributed by atoms with Gasteiger partial charge in [-0.15, -0.1) is 11.3 Å². The van der Waals surface area contributed by atoms with E-state index in [9.17, 15) is 13.2 Å². The average molecular weight is 350 g/mol. The molecule has 3 rings (SSSR count). The number of hydrogen-bond donors (Lipinski definition) is 1. The standard InChI is InChI=1S/C16H18N2O3S2/c1-10-7-14(23(17,20)21)22-15(10)16(19)18(2)13-8-11-5-3-4-6-12(11)9-13/h3-7,13H,8-9H2,1-2H3,(H2,17,20,21). The zero-order valence-corrected chi connectivity index (χ0v) is 14.6. The number of carbonyl (C=O) groups excluding carboxylic acids is 1. The lowest BCUT2D eigenvalue weighted by atomic mass is 10.1. The Bertz CT molecular complexity index is 846. The van der Waals surface area contributed by atoms with E-state index in [0.29, 0.717) is 10.4 Å². The Morgan fingerprint density at radius 2 is 1.83 bits per heavy atom. The fourth-order valence-electron chi connectivity index (χ4n) is 2.94. The number of hydrogen-bond acceptors (Lipinski definition) is 4. The highest BCUT2D eigenvalue weighted by atomic mass is 32.2. The molecule has 0 atom stereocenters. The van der Waals surface area contributed by atoms with Crippen molar-refractivity contribution in [2.75, 3.05) is 7.05 Å². The molecule has 0 spiro atoms. The van der Waals surface area contributed by atoms with E-state index in [1.165, 1.54) is 17.2 Å². The lowest BCUT2D eigenvalue weighted by Gasteiger charge is -2.24. The van der Waals surface area contributed by atoms with Crippen molar-refractivity contribution in [3.05, 3.63) is 51.9 Å². The van der Waals surface area contributed by atoms with Crippen molar-refractivity contribution in [1.82, 2.24) is 4.90 Å². The van der Waals surface area contributed by atoms with Gasteiger partial charge in [0, 0.05) is 13.1 Å². The predicted molar refractivity (Wildman–Crippen MR) is 90.2 cm³/mol. The summed E-state index contributed by atoms with van der Waals surface area (Å²) in [6.07, 6.45) is 1.65. The van der Waals surface area contributed by atoms with E-state index in [2.05, 4.69) is 12.1 Å². The number of rotatable bonds is 3. The number of fused-ring (bicyclic) bond motifs is 1. The van der Waals surface area contributed by atoms with Crippen LogP contribution in [0.2, 0.25) is 0 Å². The third-order valence-electron chi connectivity index (χ3n) is 4.27. The summed E-state index contributed by atoms with van der Waals surface area (Å²) < 4.78 is 22.9. The summed E-state index contributed by atoms with van der Waals surface area (Å²) in [6.45, 7) is 1.73. The molecular weight excluding hydrogens is 332 g/mol. The van der Waals surface area contributed by atoms with Gasteiger partial charge >= 0.3 is 0 Å². The molecule has 2 N–H and O–H groups in total. The zero-order chi connectivity index (χ0) is 16.8. The summed E-state index contributed by atoms with van der Waals surface area (Å²) in [6, 6.07) is 9.74. The SMILES string of the molecule is Cc1cc(S(N)(=O)=O)sc1C(=O)N(C)C1Cc2ccccc2C1. The first-order valence-electron chi connectivity index (χ1n) is 7.24. The molecule has 5 nitrogen and oxygen atoms in total. The number of primary sulfonamides is 1. The number of benzene rings is 1. The number of carbonyl (C=O) groups is 1. The first-order chi connectivity index (χ1) is 10.8. The third kappa shape index (κ3) is 3.04. The third-order valence-corrected chi connectivity index (χ3v) is 6.91. The van der Waals surface area contributed by atoms with Crippen molar-refractivity contribution < 1.29 is 13.2 Å². The summed E-state index contributed by atoms with van der Waals surface area (Å²) in [7, 11) is -2.01. The van der Waals surface area contributed by atoms with Gasteiger partial charge in [0.15, 0.2) is 0 Å². The molecule has 1 aliphatic rings. The quantitative estimate of drug-likeness (QED) is 0.919.